The number of nitrogens with zero attached hydrogens (tertiary/aromatic N) is 2. The molecule has 0 saturated carbocycles. The lowest BCUT2D eigenvalue weighted by Gasteiger charge is -2.26. The zero-order chi connectivity index (χ0) is 15.8. The molecule has 8 heteroatoms. The van der Waals surface area contributed by atoms with Crippen LogP contribution in [0.1, 0.15) is 6.42 Å². The van der Waals surface area contributed by atoms with Crippen molar-refractivity contribution in [2.75, 3.05) is 39.4 Å². The third kappa shape index (κ3) is 5.30. The van der Waals surface area contributed by atoms with Gasteiger partial charge in [-0.15, -0.1) is 0 Å². The molecule has 120 valence electrons. The van der Waals surface area contributed by atoms with Gasteiger partial charge >= 0.3 is 6.09 Å². The van der Waals surface area contributed by atoms with Gasteiger partial charge in [0.2, 0.25) is 0 Å². The molecule has 1 aliphatic rings. The van der Waals surface area contributed by atoms with E-state index in [1.807, 2.05) is 0 Å². The highest BCUT2D eigenvalue weighted by Crippen LogP contribution is 2.17. The highest BCUT2D eigenvalue weighted by molar-refractivity contribution is 5.70. The van der Waals surface area contributed by atoms with Crippen molar-refractivity contribution < 1.29 is 19.2 Å². The Labute approximate surface area is 128 Å². The first-order chi connectivity index (χ1) is 10.6. The fourth-order valence-corrected chi connectivity index (χ4v) is 2.10. The summed E-state index contributed by atoms with van der Waals surface area (Å²) in [5, 5.41) is 13.2. The van der Waals surface area contributed by atoms with Gasteiger partial charge in [0.15, 0.2) is 0 Å². The number of ether oxygens (including phenoxy) is 2. The summed E-state index contributed by atoms with van der Waals surface area (Å²) < 4.78 is 10.3. The van der Waals surface area contributed by atoms with E-state index in [0.717, 1.165) is 39.3 Å². The van der Waals surface area contributed by atoms with E-state index < -0.39 is 11.0 Å². The Morgan fingerprint density at radius 1 is 1.32 bits per heavy atom. The second-order valence-electron chi connectivity index (χ2n) is 4.87. The van der Waals surface area contributed by atoms with Crippen molar-refractivity contribution in [1.82, 2.24) is 10.2 Å². The molecule has 0 spiro atoms. The molecule has 22 heavy (non-hydrogen) atoms. The molecular formula is C14H19N3O5. The molecule has 0 bridgehead atoms. The summed E-state index contributed by atoms with van der Waals surface area (Å²) in [6.45, 7) is 4.79. The molecule has 0 radical (unpaired) electrons. The van der Waals surface area contributed by atoms with Crippen LogP contribution in [0, 0.1) is 10.1 Å². The maximum absolute atomic E-state index is 11.6. The largest absolute Gasteiger partial charge is 0.412 e. The Balaban J connectivity index is 1.63. The number of rotatable bonds is 6. The van der Waals surface area contributed by atoms with E-state index in [1.54, 1.807) is 0 Å². The normalized spacial score (nSPS) is 15.3. The average molecular weight is 309 g/mol. The number of nitrogens with one attached hydrogen (secondary N) is 1. The van der Waals surface area contributed by atoms with E-state index in [1.165, 1.54) is 24.3 Å². The van der Waals surface area contributed by atoms with Crippen molar-refractivity contribution in [1.29, 1.82) is 0 Å². The van der Waals surface area contributed by atoms with E-state index in [2.05, 4.69) is 10.2 Å². The Kier molecular flexibility index (Phi) is 6.11. The molecule has 1 aromatic rings. The summed E-state index contributed by atoms with van der Waals surface area (Å²) in [5.74, 6) is 0.274. The minimum absolute atomic E-state index is 0.0433. The molecule has 1 amide bonds. The van der Waals surface area contributed by atoms with E-state index in [-0.39, 0.29) is 11.4 Å². The third-order valence-electron chi connectivity index (χ3n) is 3.28. The van der Waals surface area contributed by atoms with Gasteiger partial charge in [0.1, 0.15) is 5.75 Å². The zero-order valence-electron chi connectivity index (χ0n) is 12.2. The SMILES string of the molecule is O=C(NCCCN1CCOCC1)Oc1ccc([N+](=O)[O-])cc1. The minimum Gasteiger partial charge on any atom is -0.410 e. The second-order valence-corrected chi connectivity index (χ2v) is 4.87. The number of morpholine rings is 1. The van der Waals surface area contributed by atoms with Gasteiger partial charge in [0.05, 0.1) is 18.1 Å². The molecule has 1 N–H and O–H groups in total. The lowest BCUT2D eigenvalue weighted by atomic mass is 10.3. The first-order valence-electron chi connectivity index (χ1n) is 7.15. The standard InChI is InChI=1S/C14H19N3O5/c18-14(15-6-1-7-16-8-10-21-11-9-16)22-13-4-2-12(3-5-13)17(19)20/h2-5H,1,6-11H2,(H,15,18). The van der Waals surface area contributed by atoms with Gasteiger partial charge in [-0.1, -0.05) is 0 Å². The summed E-state index contributed by atoms with van der Waals surface area (Å²) in [5.41, 5.74) is -0.0433. The van der Waals surface area contributed by atoms with Crippen LogP contribution in [0.15, 0.2) is 24.3 Å². The molecule has 1 heterocycles. The summed E-state index contributed by atoms with van der Waals surface area (Å²) in [7, 11) is 0. The van der Waals surface area contributed by atoms with E-state index >= 15 is 0 Å². The fourth-order valence-electron chi connectivity index (χ4n) is 2.10. The predicted octanol–water partition coefficient (Wildman–Crippen LogP) is 1.41. The molecule has 0 atom stereocenters. The van der Waals surface area contributed by atoms with Gasteiger partial charge in [-0.25, -0.2) is 4.79 Å². The monoisotopic (exact) mass is 309 g/mol. The molecule has 2 rings (SSSR count). The highest BCUT2D eigenvalue weighted by atomic mass is 16.6. The van der Waals surface area contributed by atoms with Crippen molar-refractivity contribution in [3.8, 4) is 5.75 Å². The van der Waals surface area contributed by atoms with Crippen molar-refractivity contribution in [3.05, 3.63) is 34.4 Å². The van der Waals surface area contributed by atoms with Gasteiger partial charge in [-0.05, 0) is 25.1 Å². The highest BCUT2D eigenvalue weighted by Gasteiger charge is 2.10. The number of amides is 1. The lowest BCUT2D eigenvalue weighted by Crippen LogP contribution is -2.38. The smallest absolute Gasteiger partial charge is 0.410 e. The van der Waals surface area contributed by atoms with E-state index in [0.29, 0.717) is 6.54 Å². The van der Waals surface area contributed by atoms with Crippen LogP contribution in [0.25, 0.3) is 0 Å². The molecule has 1 fully saturated rings. The molecule has 0 unspecified atom stereocenters. The third-order valence-corrected chi connectivity index (χ3v) is 3.28. The van der Waals surface area contributed by atoms with Gasteiger partial charge < -0.3 is 14.8 Å². The number of carbonyl (C=O) groups excluding carboxylic acids is 1. The minimum atomic E-state index is -0.559. The van der Waals surface area contributed by atoms with Crippen LogP contribution in [0.5, 0.6) is 5.75 Å². The summed E-state index contributed by atoms with van der Waals surface area (Å²) >= 11 is 0. The Bertz CT molecular complexity index is 500. The van der Waals surface area contributed by atoms with E-state index in [4.69, 9.17) is 9.47 Å². The Hall–Kier alpha value is -2.19. The van der Waals surface area contributed by atoms with Crippen LogP contribution < -0.4 is 10.1 Å². The quantitative estimate of drug-likeness (QED) is 0.485. The van der Waals surface area contributed by atoms with Crippen LogP contribution >= 0.6 is 0 Å². The van der Waals surface area contributed by atoms with Gasteiger partial charge in [-0.3, -0.25) is 15.0 Å². The maximum atomic E-state index is 11.6. The van der Waals surface area contributed by atoms with Crippen LogP contribution in [0.2, 0.25) is 0 Å². The van der Waals surface area contributed by atoms with Crippen LogP contribution in [0.3, 0.4) is 0 Å². The number of hydrogen-bond donors (Lipinski definition) is 1. The van der Waals surface area contributed by atoms with Crippen LogP contribution in [0.4, 0.5) is 10.5 Å². The second kappa shape index (κ2) is 8.30. The molecule has 1 aliphatic heterocycles. The van der Waals surface area contributed by atoms with Crippen molar-refractivity contribution >= 4 is 11.8 Å². The number of non-ortho nitro benzene ring substituents is 1. The van der Waals surface area contributed by atoms with E-state index in [9.17, 15) is 14.9 Å². The molecule has 0 aliphatic carbocycles. The molecule has 8 nitrogen and oxygen atoms in total. The van der Waals surface area contributed by atoms with Crippen LogP contribution in [-0.2, 0) is 4.74 Å². The number of nitro benzene ring substituents is 1. The molecule has 1 aromatic carbocycles. The summed E-state index contributed by atoms with van der Waals surface area (Å²) in [6.07, 6.45) is 0.269. The Morgan fingerprint density at radius 3 is 2.64 bits per heavy atom. The summed E-state index contributed by atoms with van der Waals surface area (Å²) in [4.78, 5) is 23.9. The van der Waals surface area contributed by atoms with Gasteiger partial charge in [0, 0.05) is 31.8 Å². The lowest BCUT2D eigenvalue weighted by molar-refractivity contribution is -0.384. The number of hydrogen-bond acceptors (Lipinski definition) is 6. The van der Waals surface area contributed by atoms with Crippen molar-refractivity contribution in [2.24, 2.45) is 0 Å². The molecular weight excluding hydrogens is 290 g/mol. The number of nitro groups is 1. The molecule has 0 aromatic heterocycles. The zero-order valence-corrected chi connectivity index (χ0v) is 12.2. The van der Waals surface area contributed by atoms with Crippen LogP contribution in [-0.4, -0.2) is 55.3 Å². The maximum Gasteiger partial charge on any atom is 0.412 e. The topological polar surface area (TPSA) is 93.9 Å². The Morgan fingerprint density at radius 2 is 2.00 bits per heavy atom. The first kappa shape index (κ1) is 16.2. The van der Waals surface area contributed by atoms with Crippen molar-refractivity contribution in [2.45, 2.75) is 6.42 Å². The fraction of sp³-hybridized carbons (Fsp3) is 0.500. The summed E-state index contributed by atoms with van der Waals surface area (Å²) in [6, 6.07) is 5.37. The van der Waals surface area contributed by atoms with Crippen molar-refractivity contribution in [3.63, 3.8) is 0 Å². The number of benzene rings is 1. The first-order valence-corrected chi connectivity index (χ1v) is 7.15. The average Bonchev–Trinajstić information content (AvgIpc) is 2.53. The van der Waals surface area contributed by atoms with Gasteiger partial charge in [-0.2, -0.15) is 0 Å². The molecule has 1 saturated heterocycles. The number of carbonyl (C=O) groups is 1. The predicted molar refractivity (Wildman–Crippen MR) is 79.0 cm³/mol. The van der Waals surface area contributed by atoms with Gasteiger partial charge in [0.25, 0.3) is 5.69 Å².